The number of hydrogen-bond donors (Lipinski definition) is 1. The van der Waals surface area contributed by atoms with E-state index in [4.69, 9.17) is 17.2 Å². The van der Waals surface area contributed by atoms with Crippen molar-refractivity contribution in [3.05, 3.63) is 106 Å². The molecule has 0 saturated heterocycles. The number of rotatable bonds is 3. The van der Waals surface area contributed by atoms with Gasteiger partial charge >= 0.3 is 0 Å². The van der Waals surface area contributed by atoms with E-state index in [9.17, 15) is 4.79 Å². The third-order valence-corrected chi connectivity index (χ3v) is 5.65. The van der Waals surface area contributed by atoms with Gasteiger partial charge in [0, 0.05) is 6.42 Å². The highest BCUT2D eigenvalue weighted by atomic mass is 32.1. The van der Waals surface area contributed by atoms with Crippen molar-refractivity contribution in [2.75, 3.05) is 0 Å². The molecule has 0 fully saturated rings. The third-order valence-electron chi connectivity index (χ3n) is 5.44. The fraction of sp³-hybridized carbons (Fsp3) is 0.120. The van der Waals surface area contributed by atoms with Crippen LogP contribution in [0, 0.1) is 6.92 Å². The first kappa shape index (κ1) is 19.3. The van der Waals surface area contributed by atoms with Crippen molar-refractivity contribution in [2.24, 2.45) is 4.99 Å². The summed E-state index contributed by atoms with van der Waals surface area (Å²) >= 11 is 5.46. The van der Waals surface area contributed by atoms with E-state index < -0.39 is 0 Å². The van der Waals surface area contributed by atoms with Gasteiger partial charge in [0.1, 0.15) is 5.82 Å². The molecule has 1 aliphatic heterocycles. The monoisotopic (exact) mass is 424 g/mol. The van der Waals surface area contributed by atoms with Crippen LogP contribution in [-0.4, -0.2) is 20.4 Å². The molecule has 31 heavy (non-hydrogen) atoms. The van der Waals surface area contributed by atoms with Gasteiger partial charge in [-0.25, -0.2) is 9.98 Å². The Hall–Kier alpha value is -3.64. The molecule has 6 heteroatoms. The van der Waals surface area contributed by atoms with Crippen LogP contribution in [-0.2, 0) is 0 Å². The quantitative estimate of drug-likeness (QED) is 0.492. The van der Waals surface area contributed by atoms with Gasteiger partial charge in [-0.1, -0.05) is 60.2 Å². The maximum Gasteiger partial charge on any atom is 0.266 e. The molecule has 1 unspecified atom stereocenters. The molecule has 0 bridgehead atoms. The number of hydrogen-bond acceptors (Lipinski definition) is 3. The van der Waals surface area contributed by atoms with Gasteiger partial charge in [-0.2, -0.15) is 0 Å². The second kappa shape index (κ2) is 7.89. The van der Waals surface area contributed by atoms with Crippen molar-refractivity contribution in [3.8, 4) is 5.69 Å². The lowest BCUT2D eigenvalue weighted by Gasteiger charge is -2.27. The lowest BCUT2D eigenvalue weighted by molar-refractivity contribution is 0.597. The summed E-state index contributed by atoms with van der Waals surface area (Å²) in [6.07, 6.45) is 0.570. The normalized spacial score (nSPS) is 16.1. The summed E-state index contributed by atoms with van der Waals surface area (Å²) in [5.74, 6) is 0.622. The van der Waals surface area contributed by atoms with E-state index in [1.807, 2.05) is 54.6 Å². The van der Waals surface area contributed by atoms with Gasteiger partial charge in [-0.15, -0.1) is 0 Å². The molecule has 4 aromatic rings. The topological polar surface area (TPSA) is 59.3 Å². The molecule has 0 aliphatic carbocycles. The Morgan fingerprint density at radius 1 is 0.968 bits per heavy atom. The minimum Gasteiger partial charge on any atom is -0.350 e. The van der Waals surface area contributed by atoms with E-state index in [2.05, 4.69) is 41.5 Å². The average molecular weight is 425 g/mol. The highest BCUT2D eigenvalue weighted by molar-refractivity contribution is 7.80. The van der Waals surface area contributed by atoms with Crippen molar-refractivity contribution >= 4 is 33.9 Å². The Labute approximate surface area is 185 Å². The van der Waals surface area contributed by atoms with Gasteiger partial charge in [0.25, 0.3) is 5.56 Å². The van der Waals surface area contributed by atoms with Crippen LogP contribution in [0.2, 0.25) is 0 Å². The zero-order chi connectivity index (χ0) is 21.4. The Bertz CT molecular complexity index is 1370. The smallest absolute Gasteiger partial charge is 0.266 e. The predicted molar refractivity (Wildman–Crippen MR) is 128 cm³/mol. The minimum absolute atomic E-state index is 0.0982. The van der Waals surface area contributed by atoms with Gasteiger partial charge in [-0.05, 0) is 49.0 Å². The number of nitrogens with one attached hydrogen (secondary N) is 1. The molecular weight excluding hydrogens is 404 g/mol. The van der Waals surface area contributed by atoms with Crippen molar-refractivity contribution in [3.63, 3.8) is 0 Å². The lowest BCUT2D eigenvalue weighted by atomic mass is 9.99. The van der Waals surface area contributed by atoms with E-state index >= 15 is 0 Å². The number of aliphatic imine (C=N–C) groups is 1. The van der Waals surface area contributed by atoms with Gasteiger partial charge in [0.2, 0.25) is 0 Å². The summed E-state index contributed by atoms with van der Waals surface area (Å²) in [5, 5.41) is 4.25. The van der Waals surface area contributed by atoms with Crippen LogP contribution in [0.1, 0.15) is 29.4 Å². The molecule has 152 valence electrons. The van der Waals surface area contributed by atoms with Crippen LogP contribution < -0.4 is 10.9 Å². The van der Waals surface area contributed by atoms with Crippen LogP contribution >= 0.6 is 12.2 Å². The highest BCUT2D eigenvalue weighted by Crippen LogP contribution is 2.25. The largest absolute Gasteiger partial charge is 0.350 e. The molecule has 0 spiro atoms. The molecule has 1 atom stereocenters. The summed E-state index contributed by atoms with van der Waals surface area (Å²) in [5.41, 5.74) is 4.43. The van der Waals surface area contributed by atoms with Crippen molar-refractivity contribution in [2.45, 2.75) is 19.4 Å². The number of aromatic nitrogens is 2. The fourth-order valence-electron chi connectivity index (χ4n) is 3.89. The highest BCUT2D eigenvalue weighted by Gasteiger charge is 2.27. The van der Waals surface area contributed by atoms with E-state index in [0.29, 0.717) is 28.3 Å². The Kier molecular flexibility index (Phi) is 4.92. The van der Waals surface area contributed by atoms with E-state index in [1.54, 1.807) is 4.57 Å². The summed E-state index contributed by atoms with van der Waals surface area (Å²) < 4.78 is 1.68. The van der Waals surface area contributed by atoms with Crippen LogP contribution in [0.5, 0.6) is 0 Å². The molecule has 0 amide bonds. The van der Waals surface area contributed by atoms with Gasteiger partial charge < -0.3 is 5.32 Å². The number of para-hydroxylation sites is 2. The van der Waals surface area contributed by atoms with E-state index in [-0.39, 0.29) is 11.6 Å². The molecular formula is C25H20N4OS. The molecule has 5 nitrogen and oxygen atoms in total. The number of fused-ring (bicyclic) bond motifs is 1. The summed E-state index contributed by atoms with van der Waals surface area (Å²) in [7, 11) is 0. The van der Waals surface area contributed by atoms with Gasteiger partial charge in [0.05, 0.1) is 28.3 Å². The lowest BCUT2D eigenvalue weighted by Crippen LogP contribution is -2.38. The number of nitrogens with zero attached hydrogens (tertiary/aromatic N) is 3. The van der Waals surface area contributed by atoms with Crippen molar-refractivity contribution in [1.29, 1.82) is 0 Å². The first-order chi connectivity index (χ1) is 15.1. The van der Waals surface area contributed by atoms with Crippen LogP contribution in [0.3, 0.4) is 0 Å². The first-order valence-corrected chi connectivity index (χ1v) is 10.5. The van der Waals surface area contributed by atoms with E-state index in [0.717, 1.165) is 17.0 Å². The Morgan fingerprint density at radius 3 is 2.45 bits per heavy atom. The van der Waals surface area contributed by atoms with Crippen LogP contribution in [0.4, 0.5) is 0 Å². The molecule has 0 radical (unpaired) electrons. The van der Waals surface area contributed by atoms with Crippen molar-refractivity contribution in [1.82, 2.24) is 14.9 Å². The minimum atomic E-state index is -0.279. The molecule has 1 aliphatic rings. The summed E-state index contributed by atoms with van der Waals surface area (Å²) in [4.78, 5) is 23.0. The maximum absolute atomic E-state index is 13.5. The molecule has 1 N–H and O–H groups in total. The number of benzene rings is 3. The van der Waals surface area contributed by atoms with Gasteiger partial charge in [0.15, 0.2) is 5.11 Å². The van der Waals surface area contributed by atoms with E-state index in [1.165, 1.54) is 5.56 Å². The molecule has 3 aromatic carbocycles. The second-order valence-corrected chi connectivity index (χ2v) is 7.98. The first-order valence-electron chi connectivity index (χ1n) is 10.1. The summed E-state index contributed by atoms with van der Waals surface area (Å²) in [6, 6.07) is 25.0. The number of aryl methyl sites for hydroxylation is 1. The number of thiocarbonyl (C=S) groups is 1. The maximum atomic E-state index is 13.5. The van der Waals surface area contributed by atoms with Crippen LogP contribution in [0.15, 0.2) is 88.6 Å². The zero-order valence-electron chi connectivity index (χ0n) is 16.9. The third kappa shape index (κ3) is 3.66. The predicted octanol–water partition coefficient (Wildman–Crippen LogP) is 4.50. The molecule has 1 aromatic heterocycles. The summed E-state index contributed by atoms with van der Waals surface area (Å²) in [6.45, 7) is 2.05. The second-order valence-electron chi connectivity index (χ2n) is 7.59. The standard InChI is InChI=1S/C25H20N4OS/c1-16-11-13-17(14-12-16)21-15-22(28-25(31)27-21)23-26-20-10-6-5-9-19(20)24(30)29(23)18-7-3-2-4-8-18/h2-14,22H,15H2,1H3,(H,28,31). The average Bonchev–Trinajstić information content (AvgIpc) is 2.79. The van der Waals surface area contributed by atoms with Gasteiger partial charge in [-0.3, -0.25) is 9.36 Å². The van der Waals surface area contributed by atoms with Crippen molar-refractivity contribution < 1.29 is 0 Å². The zero-order valence-corrected chi connectivity index (χ0v) is 17.8. The molecule has 5 rings (SSSR count). The molecule has 2 heterocycles. The fourth-order valence-corrected chi connectivity index (χ4v) is 4.14. The Balaban J connectivity index is 1.67. The van der Waals surface area contributed by atoms with Crippen LogP contribution in [0.25, 0.3) is 16.6 Å². The Morgan fingerprint density at radius 2 is 1.68 bits per heavy atom. The SMILES string of the molecule is Cc1ccc(C2=NC(=S)NC(c3nc4ccccc4c(=O)n3-c3ccccc3)C2)cc1. The molecule has 0 saturated carbocycles.